The van der Waals surface area contributed by atoms with E-state index in [1.165, 1.54) is 30.5 Å². The molecular weight excluding hydrogens is 386 g/mol. The van der Waals surface area contributed by atoms with Crippen molar-refractivity contribution in [2.45, 2.75) is 19.3 Å². The van der Waals surface area contributed by atoms with E-state index in [0.717, 1.165) is 0 Å². The number of nitrogens with two attached hydrogens (primary N) is 1. The number of hydrogen-bond donors (Lipinski definition) is 3. The van der Waals surface area contributed by atoms with Gasteiger partial charge in [-0.25, -0.2) is 0 Å². The molecule has 0 aliphatic rings. The van der Waals surface area contributed by atoms with Crippen molar-refractivity contribution < 1.29 is 18.9 Å². The molecule has 0 fully saturated rings. The van der Waals surface area contributed by atoms with Gasteiger partial charge in [-0.1, -0.05) is 12.1 Å². The van der Waals surface area contributed by atoms with Crippen LogP contribution in [-0.2, 0) is 4.79 Å². The van der Waals surface area contributed by atoms with Crippen molar-refractivity contribution in [1.29, 1.82) is 0 Å². The number of nitrogens with one attached hydrogen (secondary N) is 2. The summed E-state index contributed by atoms with van der Waals surface area (Å²) in [5.41, 5.74) is 7.92. The third-order valence-corrected chi connectivity index (χ3v) is 3.59. The summed E-state index contributed by atoms with van der Waals surface area (Å²) in [7, 11) is 0. The van der Waals surface area contributed by atoms with Gasteiger partial charge in [0.1, 0.15) is 5.69 Å². The summed E-state index contributed by atoms with van der Waals surface area (Å²) in [5, 5.41) is 17.3. The second-order valence-electron chi connectivity index (χ2n) is 5.55. The Morgan fingerprint density at radius 3 is 2.61 bits per heavy atom. The van der Waals surface area contributed by atoms with Crippen LogP contribution < -0.4 is 16.5 Å². The van der Waals surface area contributed by atoms with E-state index in [1.54, 1.807) is 12.1 Å². The first-order valence-electron chi connectivity index (χ1n) is 8.07. The lowest BCUT2D eigenvalue weighted by atomic mass is 10.1. The Labute approximate surface area is 164 Å². The summed E-state index contributed by atoms with van der Waals surface area (Å²) in [4.78, 5) is 34.8. The first-order chi connectivity index (χ1) is 13.4. The van der Waals surface area contributed by atoms with Crippen LogP contribution in [0.3, 0.4) is 0 Å². The van der Waals surface area contributed by atoms with E-state index in [9.17, 15) is 19.7 Å². The standard InChI is InChI=1S/C17H17N5O5S/c18-17(28)21-20-11(10-14(23)15-6-3-9-27-15)7-8-16(24)19-12-4-1-2-5-13(12)22(25)26/h1-6,9H,7-8,10H2,(H,19,24)(H3,18,21,28). The molecule has 1 amide bonds. The van der Waals surface area contributed by atoms with Crippen molar-refractivity contribution in [3.63, 3.8) is 0 Å². The number of furan rings is 1. The molecule has 28 heavy (non-hydrogen) atoms. The van der Waals surface area contributed by atoms with Gasteiger partial charge in [-0.3, -0.25) is 25.1 Å². The maximum absolute atomic E-state index is 12.2. The number of nitro benzene ring substituents is 1. The number of anilines is 1. The van der Waals surface area contributed by atoms with Gasteiger partial charge in [0.25, 0.3) is 5.69 Å². The molecule has 1 heterocycles. The molecule has 0 atom stereocenters. The fourth-order valence-corrected chi connectivity index (χ4v) is 2.28. The van der Waals surface area contributed by atoms with Crippen LogP contribution in [0.4, 0.5) is 11.4 Å². The summed E-state index contributed by atoms with van der Waals surface area (Å²) in [6.07, 6.45) is 1.31. The Kier molecular flexibility index (Phi) is 7.34. The summed E-state index contributed by atoms with van der Waals surface area (Å²) >= 11 is 4.68. The number of thiocarbonyl (C=S) groups is 1. The van der Waals surface area contributed by atoms with E-state index in [2.05, 4.69) is 28.1 Å². The van der Waals surface area contributed by atoms with E-state index >= 15 is 0 Å². The monoisotopic (exact) mass is 403 g/mol. The third kappa shape index (κ3) is 6.29. The Hall–Kier alpha value is -3.60. The second kappa shape index (κ2) is 9.92. The normalized spacial score (nSPS) is 10.9. The molecule has 2 aromatic rings. The quantitative estimate of drug-likeness (QED) is 0.190. The predicted molar refractivity (Wildman–Crippen MR) is 106 cm³/mol. The zero-order valence-corrected chi connectivity index (χ0v) is 15.4. The average molecular weight is 403 g/mol. The lowest BCUT2D eigenvalue weighted by Gasteiger charge is -2.08. The molecule has 4 N–H and O–H groups in total. The number of rotatable bonds is 9. The van der Waals surface area contributed by atoms with E-state index in [1.807, 2.05) is 0 Å². The van der Waals surface area contributed by atoms with Crippen molar-refractivity contribution in [3.8, 4) is 0 Å². The third-order valence-electron chi connectivity index (χ3n) is 3.50. The number of carbonyl (C=O) groups is 2. The molecular formula is C17H17N5O5S. The van der Waals surface area contributed by atoms with E-state index in [0.29, 0.717) is 5.71 Å². The number of para-hydroxylation sites is 2. The highest BCUT2D eigenvalue weighted by Gasteiger charge is 2.17. The van der Waals surface area contributed by atoms with Gasteiger partial charge in [0, 0.05) is 18.2 Å². The smallest absolute Gasteiger partial charge is 0.292 e. The molecule has 0 radical (unpaired) electrons. The maximum atomic E-state index is 12.2. The van der Waals surface area contributed by atoms with E-state index in [-0.39, 0.29) is 47.3 Å². The van der Waals surface area contributed by atoms with Crippen LogP contribution in [0.5, 0.6) is 0 Å². The molecule has 11 heteroatoms. The number of nitro groups is 1. The highest BCUT2D eigenvalue weighted by Crippen LogP contribution is 2.23. The average Bonchev–Trinajstić information content (AvgIpc) is 3.19. The van der Waals surface area contributed by atoms with Crippen LogP contribution in [0.25, 0.3) is 0 Å². The van der Waals surface area contributed by atoms with Gasteiger partial charge in [0.05, 0.1) is 17.6 Å². The minimum absolute atomic E-state index is 0.0602. The number of carbonyl (C=O) groups excluding carboxylic acids is 2. The lowest BCUT2D eigenvalue weighted by molar-refractivity contribution is -0.383. The number of ketones is 1. The van der Waals surface area contributed by atoms with Crippen LogP contribution in [0.2, 0.25) is 0 Å². The zero-order valence-electron chi connectivity index (χ0n) is 14.6. The molecule has 10 nitrogen and oxygen atoms in total. The SMILES string of the molecule is NC(=S)NN=C(CCC(=O)Nc1ccccc1[N+](=O)[O-])CC(=O)c1ccco1. The molecule has 1 aromatic heterocycles. The Bertz CT molecular complexity index is 910. The van der Waals surface area contributed by atoms with Gasteiger partial charge in [0.15, 0.2) is 10.9 Å². The highest BCUT2D eigenvalue weighted by atomic mass is 32.1. The zero-order chi connectivity index (χ0) is 20.5. The van der Waals surface area contributed by atoms with E-state index < -0.39 is 10.8 Å². The van der Waals surface area contributed by atoms with Gasteiger partial charge in [0.2, 0.25) is 11.7 Å². The minimum Gasteiger partial charge on any atom is -0.461 e. The fourth-order valence-electron chi connectivity index (χ4n) is 2.24. The molecule has 0 unspecified atom stereocenters. The largest absolute Gasteiger partial charge is 0.461 e. The summed E-state index contributed by atoms with van der Waals surface area (Å²) in [5.74, 6) is -0.636. The first-order valence-corrected chi connectivity index (χ1v) is 8.48. The highest BCUT2D eigenvalue weighted by molar-refractivity contribution is 7.80. The number of hydrogen-bond acceptors (Lipinski definition) is 7. The van der Waals surface area contributed by atoms with Crippen LogP contribution >= 0.6 is 12.2 Å². The van der Waals surface area contributed by atoms with Gasteiger partial charge >= 0.3 is 0 Å². The lowest BCUT2D eigenvalue weighted by Crippen LogP contribution is -2.26. The molecule has 0 saturated heterocycles. The number of hydrazone groups is 1. The van der Waals surface area contributed by atoms with Crippen molar-refractivity contribution in [2.75, 3.05) is 5.32 Å². The van der Waals surface area contributed by atoms with Crippen molar-refractivity contribution >= 4 is 46.1 Å². The van der Waals surface area contributed by atoms with Gasteiger partial charge in [-0.15, -0.1) is 0 Å². The fraction of sp³-hybridized carbons (Fsp3) is 0.176. The van der Waals surface area contributed by atoms with E-state index in [4.69, 9.17) is 10.2 Å². The summed E-state index contributed by atoms with van der Waals surface area (Å²) < 4.78 is 5.04. The van der Waals surface area contributed by atoms with Crippen LogP contribution in [0.1, 0.15) is 29.8 Å². The van der Waals surface area contributed by atoms with Crippen LogP contribution in [-0.4, -0.2) is 27.4 Å². The maximum Gasteiger partial charge on any atom is 0.292 e. The van der Waals surface area contributed by atoms with Crippen molar-refractivity contribution in [1.82, 2.24) is 5.43 Å². The summed E-state index contributed by atoms with van der Waals surface area (Å²) in [6.45, 7) is 0. The first kappa shape index (κ1) is 20.7. The predicted octanol–water partition coefficient (Wildman–Crippen LogP) is 2.37. The second-order valence-corrected chi connectivity index (χ2v) is 5.99. The molecule has 0 saturated carbocycles. The number of nitrogens with zero attached hydrogens (tertiary/aromatic N) is 2. The van der Waals surface area contributed by atoms with Gasteiger partial charge in [-0.2, -0.15) is 5.10 Å². The Morgan fingerprint density at radius 1 is 1.21 bits per heavy atom. The van der Waals surface area contributed by atoms with Gasteiger partial charge in [-0.05, 0) is 36.8 Å². The van der Waals surface area contributed by atoms with Crippen molar-refractivity contribution in [3.05, 3.63) is 58.5 Å². The minimum atomic E-state index is -0.587. The Morgan fingerprint density at radius 2 is 1.96 bits per heavy atom. The summed E-state index contributed by atoms with van der Waals surface area (Å²) in [6, 6.07) is 8.89. The molecule has 0 spiro atoms. The molecule has 0 aliphatic heterocycles. The van der Waals surface area contributed by atoms with Crippen LogP contribution in [0, 0.1) is 10.1 Å². The number of amides is 1. The number of benzene rings is 1. The molecule has 146 valence electrons. The molecule has 0 aliphatic carbocycles. The molecule has 2 rings (SSSR count). The van der Waals surface area contributed by atoms with Gasteiger partial charge < -0.3 is 15.5 Å². The molecule has 1 aromatic carbocycles. The topological polar surface area (TPSA) is 153 Å². The molecule has 0 bridgehead atoms. The van der Waals surface area contributed by atoms with Crippen molar-refractivity contribution in [2.24, 2.45) is 10.8 Å². The van der Waals surface area contributed by atoms with Crippen LogP contribution in [0.15, 0.2) is 52.2 Å². The Balaban J connectivity index is 2.01. The number of Topliss-reactive ketones (excluding diaryl/α,β-unsaturated/α-hetero) is 1.